The first-order valence-electron chi connectivity index (χ1n) is 8.95. The highest BCUT2D eigenvalue weighted by molar-refractivity contribution is 6.02. The van der Waals surface area contributed by atoms with Crippen molar-refractivity contribution in [3.63, 3.8) is 0 Å². The molecule has 0 aromatic heterocycles. The average molecular weight is 353 g/mol. The Morgan fingerprint density at radius 1 is 0.808 bits per heavy atom. The summed E-state index contributed by atoms with van der Waals surface area (Å²) in [7, 11) is 0. The molecule has 2 aromatic carbocycles. The van der Waals surface area contributed by atoms with Crippen LogP contribution in [0.4, 0.5) is 0 Å². The average Bonchev–Trinajstić information content (AvgIpc) is 2.98. The van der Waals surface area contributed by atoms with Crippen molar-refractivity contribution < 1.29 is 19.1 Å². The summed E-state index contributed by atoms with van der Waals surface area (Å²) < 4.78 is 11.6. The largest absolute Gasteiger partial charge is 0.494 e. The monoisotopic (exact) mass is 353 g/mol. The number of nitrogens with zero attached hydrogens (tertiary/aromatic N) is 1. The molecule has 5 heteroatoms. The summed E-state index contributed by atoms with van der Waals surface area (Å²) in [6.45, 7) is 4.82. The quantitative estimate of drug-likeness (QED) is 0.712. The highest BCUT2D eigenvalue weighted by Gasteiger charge is 2.39. The number of carbonyl (C=O) groups excluding carboxylic acids is 2. The molecule has 1 heterocycles. The SMILES string of the molecule is CCOc1ccccc1C(c1ccccc1OCC)N1C(=O)CCC1=O. The van der Waals surface area contributed by atoms with Gasteiger partial charge in [0.25, 0.3) is 0 Å². The van der Waals surface area contributed by atoms with Crippen molar-refractivity contribution in [3.05, 3.63) is 59.7 Å². The van der Waals surface area contributed by atoms with Gasteiger partial charge in [-0.15, -0.1) is 0 Å². The maximum atomic E-state index is 12.5. The minimum Gasteiger partial charge on any atom is -0.494 e. The molecule has 0 spiro atoms. The second-order valence-corrected chi connectivity index (χ2v) is 6.00. The molecule has 0 radical (unpaired) electrons. The van der Waals surface area contributed by atoms with E-state index < -0.39 is 6.04 Å². The molecule has 1 aliphatic heterocycles. The van der Waals surface area contributed by atoms with Crippen LogP contribution in [0, 0.1) is 0 Å². The summed E-state index contributed by atoms with van der Waals surface area (Å²) >= 11 is 0. The Morgan fingerprint density at radius 2 is 1.23 bits per heavy atom. The smallest absolute Gasteiger partial charge is 0.230 e. The van der Waals surface area contributed by atoms with Crippen molar-refractivity contribution in [1.82, 2.24) is 4.90 Å². The number of hydrogen-bond acceptors (Lipinski definition) is 4. The summed E-state index contributed by atoms with van der Waals surface area (Å²) in [6.07, 6.45) is 0.478. The Bertz CT molecular complexity index is 737. The summed E-state index contributed by atoms with van der Waals surface area (Å²) in [4.78, 5) is 26.4. The van der Waals surface area contributed by atoms with Crippen molar-refractivity contribution in [3.8, 4) is 11.5 Å². The zero-order valence-electron chi connectivity index (χ0n) is 15.1. The predicted molar refractivity (Wildman–Crippen MR) is 98.2 cm³/mol. The van der Waals surface area contributed by atoms with Crippen LogP contribution in [0.2, 0.25) is 0 Å². The maximum Gasteiger partial charge on any atom is 0.230 e. The van der Waals surface area contributed by atoms with Crippen LogP contribution in [0.15, 0.2) is 48.5 Å². The van der Waals surface area contributed by atoms with Crippen LogP contribution in [0.3, 0.4) is 0 Å². The first-order chi connectivity index (χ1) is 12.7. The fraction of sp³-hybridized carbons (Fsp3) is 0.333. The minimum atomic E-state index is -0.567. The number of carbonyl (C=O) groups is 2. The molecule has 0 unspecified atom stereocenters. The lowest BCUT2D eigenvalue weighted by atomic mass is 9.95. The van der Waals surface area contributed by atoms with Gasteiger partial charge in [-0.1, -0.05) is 36.4 Å². The second-order valence-electron chi connectivity index (χ2n) is 6.00. The fourth-order valence-corrected chi connectivity index (χ4v) is 3.31. The molecule has 26 heavy (non-hydrogen) atoms. The first kappa shape index (κ1) is 18.0. The van der Waals surface area contributed by atoms with E-state index in [0.717, 1.165) is 11.1 Å². The van der Waals surface area contributed by atoms with Crippen molar-refractivity contribution in [1.29, 1.82) is 0 Å². The van der Waals surface area contributed by atoms with E-state index in [9.17, 15) is 9.59 Å². The Kier molecular flexibility index (Phi) is 5.56. The molecule has 136 valence electrons. The van der Waals surface area contributed by atoms with Gasteiger partial charge < -0.3 is 9.47 Å². The number of rotatable bonds is 7. The van der Waals surface area contributed by atoms with Gasteiger partial charge in [-0.3, -0.25) is 14.5 Å². The zero-order valence-corrected chi connectivity index (χ0v) is 15.1. The van der Waals surface area contributed by atoms with E-state index >= 15 is 0 Å². The number of hydrogen-bond donors (Lipinski definition) is 0. The van der Waals surface area contributed by atoms with Crippen LogP contribution in [0.1, 0.15) is 43.9 Å². The number of likely N-dealkylation sites (tertiary alicyclic amines) is 1. The molecule has 2 aromatic rings. The van der Waals surface area contributed by atoms with Gasteiger partial charge in [0.15, 0.2) is 0 Å². The fourth-order valence-electron chi connectivity index (χ4n) is 3.31. The minimum absolute atomic E-state index is 0.169. The molecular formula is C21H23NO4. The van der Waals surface area contributed by atoms with Gasteiger partial charge in [-0.2, -0.15) is 0 Å². The lowest BCUT2D eigenvalue weighted by molar-refractivity contribution is -0.140. The topological polar surface area (TPSA) is 55.8 Å². The zero-order chi connectivity index (χ0) is 18.5. The van der Waals surface area contributed by atoms with Crippen LogP contribution in [-0.2, 0) is 9.59 Å². The molecule has 0 aliphatic carbocycles. The normalized spacial score (nSPS) is 14.2. The molecule has 0 N–H and O–H groups in total. The van der Waals surface area contributed by atoms with E-state index in [-0.39, 0.29) is 24.7 Å². The number of imide groups is 1. The summed E-state index contributed by atoms with van der Waals surface area (Å²) in [6, 6.07) is 14.5. The molecule has 1 fully saturated rings. The third-order valence-corrected chi connectivity index (χ3v) is 4.38. The van der Waals surface area contributed by atoms with Crippen molar-refractivity contribution in [2.75, 3.05) is 13.2 Å². The number of para-hydroxylation sites is 2. The van der Waals surface area contributed by atoms with Crippen molar-refractivity contribution in [2.45, 2.75) is 32.7 Å². The summed E-state index contributed by atoms with van der Waals surface area (Å²) in [5.74, 6) is 0.993. The standard InChI is InChI=1S/C21H23NO4/c1-3-25-17-11-7-5-9-15(17)21(22-19(23)13-14-20(22)24)16-10-6-8-12-18(16)26-4-2/h5-12,21H,3-4,13-14H2,1-2H3. The molecule has 0 bridgehead atoms. The van der Waals surface area contributed by atoms with Gasteiger partial charge >= 0.3 is 0 Å². The lowest BCUT2D eigenvalue weighted by Crippen LogP contribution is -2.34. The highest BCUT2D eigenvalue weighted by atomic mass is 16.5. The van der Waals surface area contributed by atoms with Crippen LogP contribution < -0.4 is 9.47 Å². The molecule has 1 saturated heterocycles. The number of benzene rings is 2. The van der Waals surface area contributed by atoms with Gasteiger partial charge in [0.1, 0.15) is 11.5 Å². The Hall–Kier alpha value is -2.82. The summed E-state index contributed by atoms with van der Waals surface area (Å²) in [5.41, 5.74) is 1.57. The number of ether oxygens (including phenoxy) is 2. The van der Waals surface area contributed by atoms with Crippen LogP contribution >= 0.6 is 0 Å². The molecule has 2 amide bonds. The lowest BCUT2D eigenvalue weighted by Gasteiger charge is -2.29. The van der Waals surface area contributed by atoms with Crippen LogP contribution in [0.5, 0.6) is 11.5 Å². The van der Waals surface area contributed by atoms with Crippen molar-refractivity contribution in [2.24, 2.45) is 0 Å². The third-order valence-electron chi connectivity index (χ3n) is 4.38. The van der Waals surface area contributed by atoms with E-state index in [1.165, 1.54) is 4.90 Å². The first-order valence-corrected chi connectivity index (χ1v) is 8.95. The van der Waals surface area contributed by atoms with E-state index in [1.807, 2.05) is 62.4 Å². The second kappa shape index (κ2) is 8.04. The van der Waals surface area contributed by atoms with Gasteiger partial charge in [-0.25, -0.2) is 0 Å². The van der Waals surface area contributed by atoms with E-state index in [2.05, 4.69) is 0 Å². The molecule has 0 saturated carbocycles. The van der Waals surface area contributed by atoms with Crippen LogP contribution in [0.25, 0.3) is 0 Å². The van der Waals surface area contributed by atoms with Gasteiger partial charge in [0.2, 0.25) is 11.8 Å². The Morgan fingerprint density at radius 3 is 1.65 bits per heavy atom. The van der Waals surface area contributed by atoms with E-state index in [0.29, 0.717) is 24.7 Å². The Labute approximate surface area is 153 Å². The van der Waals surface area contributed by atoms with Gasteiger partial charge in [-0.05, 0) is 26.0 Å². The summed E-state index contributed by atoms with van der Waals surface area (Å²) in [5, 5.41) is 0. The van der Waals surface area contributed by atoms with E-state index in [1.54, 1.807) is 0 Å². The number of amides is 2. The molecular weight excluding hydrogens is 330 g/mol. The third kappa shape index (κ3) is 3.43. The predicted octanol–water partition coefficient (Wildman–Crippen LogP) is 3.72. The molecule has 3 rings (SSSR count). The van der Waals surface area contributed by atoms with Crippen molar-refractivity contribution >= 4 is 11.8 Å². The molecule has 0 atom stereocenters. The molecule has 5 nitrogen and oxygen atoms in total. The van der Waals surface area contributed by atoms with Gasteiger partial charge in [0.05, 0.1) is 19.3 Å². The Balaban J connectivity index is 2.19. The van der Waals surface area contributed by atoms with E-state index in [4.69, 9.17) is 9.47 Å². The van der Waals surface area contributed by atoms with Gasteiger partial charge in [0, 0.05) is 24.0 Å². The molecule has 1 aliphatic rings. The van der Waals surface area contributed by atoms with Crippen LogP contribution in [-0.4, -0.2) is 29.9 Å². The maximum absolute atomic E-state index is 12.5. The highest BCUT2D eigenvalue weighted by Crippen LogP contribution is 2.41.